The summed E-state index contributed by atoms with van der Waals surface area (Å²) < 4.78 is 1.54. The average molecular weight is 279 g/mol. The van der Waals surface area contributed by atoms with Gasteiger partial charge in [0.1, 0.15) is 0 Å². The summed E-state index contributed by atoms with van der Waals surface area (Å²) in [5.41, 5.74) is 0. The molecule has 0 saturated heterocycles. The second-order valence-electron chi connectivity index (χ2n) is 2.25. The van der Waals surface area contributed by atoms with Crippen LogP contribution >= 0.6 is 28.3 Å². The predicted molar refractivity (Wildman–Crippen MR) is 51.8 cm³/mol. The monoisotopic (exact) mass is 277 g/mol. The fraction of sp³-hybridized carbons (Fsp3) is 0. The number of thiophene rings is 1. The minimum absolute atomic E-state index is 0. The van der Waals surface area contributed by atoms with E-state index in [1.165, 1.54) is 32.5 Å². The Labute approximate surface area is 90.1 Å². The first-order chi connectivity index (χ1) is 4.88. The Morgan fingerprint density at radius 3 is 2.64 bits per heavy atom. The minimum atomic E-state index is 0. The van der Waals surface area contributed by atoms with Crippen LogP contribution in [0.2, 0.25) is 0 Å². The Balaban J connectivity index is 0.000000605. The normalized spacial score (nSPS) is 9.64. The van der Waals surface area contributed by atoms with Gasteiger partial charge in [-0.2, -0.15) is 0 Å². The molecule has 0 radical (unpaired) electrons. The molecule has 1 heterocycles. The zero-order valence-corrected chi connectivity index (χ0v) is 11.4. The van der Waals surface area contributed by atoms with E-state index in [2.05, 4.69) is 29.6 Å². The number of rotatable bonds is 0. The van der Waals surface area contributed by atoms with Gasteiger partial charge >= 0.3 is 73.5 Å². The van der Waals surface area contributed by atoms with Gasteiger partial charge in [0, 0.05) is 0 Å². The van der Waals surface area contributed by atoms with Crippen LogP contribution in [0.25, 0.3) is 10.8 Å². The SMILES string of the molecule is Br.[Zn][c]1scc2ccccc12. The zero-order valence-electron chi connectivity index (χ0n) is 5.91. The number of benzene rings is 1. The van der Waals surface area contributed by atoms with Crippen LogP contribution in [0.15, 0.2) is 29.6 Å². The standard InChI is InChI=1S/C8H5S.BrH.Zn/c1-2-4-8-6-9-5-7(8)3-1;;/h1-5H;1H;. The molecule has 1 aromatic carbocycles. The molecule has 0 bridgehead atoms. The van der Waals surface area contributed by atoms with E-state index >= 15 is 0 Å². The van der Waals surface area contributed by atoms with E-state index in [9.17, 15) is 0 Å². The van der Waals surface area contributed by atoms with Crippen molar-refractivity contribution in [2.24, 2.45) is 0 Å². The van der Waals surface area contributed by atoms with Crippen molar-refractivity contribution in [3.63, 3.8) is 0 Å². The summed E-state index contributed by atoms with van der Waals surface area (Å²) in [6.45, 7) is 0. The van der Waals surface area contributed by atoms with Gasteiger partial charge in [0.2, 0.25) is 0 Å². The predicted octanol–water partition coefficient (Wildman–Crippen LogP) is 2.65. The molecule has 0 aliphatic rings. The fourth-order valence-electron chi connectivity index (χ4n) is 1.05. The third-order valence-electron chi connectivity index (χ3n) is 1.59. The second-order valence-corrected chi connectivity index (χ2v) is 5.77. The van der Waals surface area contributed by atoms with Crippen LogP contribution in [0.3, 0.4) is 0 Å². The van der Waals surface area contributed by atoms with Crippen LogP contribution in [0.4, 0.5) is 0 Å². The summed E-state index contributed by atoms with van der Waals surface area (Å²) >= 11 is 3.15. The molecule has 0 spiro atoms. The van der Waals surface area contributed by atoms with E-state index in [0.29, 0.717) is 0 Å². The maximum absolute atomic E-state index is 2.23. The van der Waals surface area contributed by atoms with Crippen LogP contribution in [0.5, 0.6) is 0 Å². The first kappa shape index (κ1) is 9.37. The van der Waals surface area contributed by atoms with Crippen molar-refractivity contribution in [2.45, 2.75) is 0 Å². The van der Waals surface area contributed by atoms with Crippen molar-refractivity contribution in [3.05, 3.63) is 29.6 Å². The zero-order chi connectivity index (χ0) is 6.97. The van der Waals surface area contributed by atoms with Gasteiger partial charge in [0.15, 0.2) is 0 Å². The molecule has 1 aromatic heterocycles. The first-order valence-electron chi connectivity index (χ1n) is 3.16. The third-order valence-corrected chi connectivity index (χ3v) is 4.31. The molecular formula is C8H6BrSZn. The molecule has 2 rings (SSSR count). The van der Waals surface area contributed by atoms with E-state index in [1.54, 1.807) is 0 Å². The summed E-state index contributed by atoms with van der Waals surface area (Å²) in [5.74, 6) is 0. The summed E-state index contributed by atoms with van der Waals surface area (Å²) in [6, 6.07) is 8.57. The van der Waals surface area contributed by atoms with Gasteiger partial charge in [-0.1, -0.05) is 0 Å². The van der Waals surface area contributed by atoms with E-state index in [-0.39, 0.29) is 17.0 Å². The van der Waals surface area contributed by atoms with Gasteiger partial charge in [-0.15, -0.1) is 17.0 Å². The molecule has 0 unspecified atom stereocenters. The van der Waals surface area contributed by atoms with Crippen molar-refractivity contribution < 1.29 is 18.3 Å². The Kier molecular flexibility index (Phi) is 3.23. The summed E-state index contributed by atoms with van der Waals surface area (Å²) in [4.78, 5) is 0. The van der Waals surface area contributed by atoms with E-state index in [1.807, 2.05) is 11.3 Å². The van der Waals surface area contributed by atoms with Crippen molar-refractivity contribution in [2.75, 3.05) is 0 Å². The Morgan fingerprint density at radius 1 is 1.18 bits per heavy atom. The van der Waals surface area contributed by atoms with E-state index in [0.717, 1.165) is 0 Å². The molecule has 0 aliphatic heterocycles. The van der Waals surface area contributed by atoms with E-state index in [4.69, 9.17) is 0 Å². The molecule has 0 aliphatic carbocycles. The molecule has 53 valence electrons. The Morgan fingerprint density at radius 2 is 1.91 bits per heavy atom. The quantitative estimate of drug-likeness (QED) is 0.651. The van der Waals surface area contributed by atoms with Gasteiger partial charge in [0.05, 0.1) is 0 Å². The van der Waals surface area contributed by atoms with Crippen molar-refractivity contribution in [1.82, 2.24) is 0 Å². The number of fused-ring (bicyclic) bond motifs is 1. The molecule has 0 fully saturated rings. The topological polar surface area (TPSA) is 0 Å². The Bertz CT molecular complexity index is 356. The summed E-state index contributed by atoms with van der Waals surface area (Å²) in [6.07, 6.45) is 0. The van der Waals surface area contributed by atoms with Crippen LogP contribution in [0, 0.1) is 0 Å². The number of hydrogen-bond acceptors (Lipinski definition) is 1. The molecular weight excluding hydrogens is 273 g/mol. The van der Waals surface area contributed by atoms with Crippen molar-refractivity contribution in [3.8, 4) is 0 Å². The molecule has 2 aromatic rings. The van der Waals surface area contributed by atoms with Crippen LogP contribution in [0.1, 0.15) is 0 Å². The van der Waals surface area contributed by atoms with Crippen molar-refractivity contribution >= 4 is 42.6 Å². The molecule has 3 heteroatoms. The molecule has 0 nitrogen and oxygen atoms in total. The Hall–Kier alpha value is 0.283. The van der Waals surface area contributed by atoms with E-state index < -0.39 is 0 Å². The second kappa shape index (κ2) is 3.79. The van der Waals surface area contributed by atoms with Gasteiger partial charge in [0.25, 0.3) is 0 Å². The van der Waals surface area contributed by atoms with Gasteiger partial charge in [-0.3, -0.25) is 0 Å². The van der Waals surface area contributed by atoms with Crippen molar-refractivity contribution in [1.29, 1.82) is 0 Å². The molecule has 0 saturated carbocycles. The molecule has 0 amide bonds. The number of halogens is 1. The average Bonchev–Trinajstić information content (AvgIpc) is 2.34. The molecule has 11 heavy (non-hydrogen) atoms. The fourth-order valence-corrected chi connectivity index (χ4v) is 3.04. The molecule has 0 N–H and O–H groups in total. The first-order valence-corrected chi connectivity index (χ1v) is 5.52. The third kappa shape index (κ3) is 1.72. The summed E-state index contributed by atoms with van der Waals surface area (Å²) in [5, 5.41) is 5.08. The van der Waals surface area contributed by atoms with Crippen LogP contribution in [-0.4, -0.2) is 0 Å². The van der Waals surface area contributed by atoms with Crippen LogP contribution in [-0.2, 0) is 18.3 Å². The van der Waals surface area contributed by atoms with Gasteiger partial charge in [-0.25, -0.2) is 0 Å². The van der Waals surface area contributed by atoms with Crippen LogP contribution < -0.4 is 3.47 Å². The van der Waals surface area contributed by atoms with Gasteiger partial charge in [-0.05, 0) is 0 Å². The summed E-state index contributed by atoms with van der Waals surface area (Å²) in [7, 11) is 0. The van der Waals surface area contributed by atoms with Gasteiger partial charge < -0.3 is 0 Å². The number of hydrogen-bond donors (Lipinski definition) is 0. The maximum atomic E-state index is 2.23. The molecule has 0 atom stereocenters.